The molecule has 0 radical (unpaired) electrons. The Morgan fingerprint density at radius 2 is 1.96 bits per heavy atom. The lowest BCUT2D eigenvalue weighted by Gasteiger charge is -2.33. The molecule has 1 aliphatic rings. The van der Waals surface area contributed by atoms with Crippen molar-refractivity contribution in [2.45, 2.75) is 52.0 Å². The van der Waals surface area contributed by atoms with Gasteiger partial charge in [0.05, 0.1) is 18.2 Å². The van der Waals surface area contributed by atoms with Crippen molar-refractivity contribution in [1.29, 1.82) is 5.26 Å². The lowest BCUT2D eigenvalue weighted by Crippen LogP contribution is -2.43. The zero-order chi connectivity index (χ0) is 17.4. The minimum Gasteiger partial charge on any atom is -0.490 e. The second-order valence-corrected chi connectivity index (χ2v) is 5.97. The van der Waals surface area contributed by atoms with Crippen LogP contribution in [-0.4, -0.2) is 36.6 Å². The van der Waals surface area contributed by atoms with Crippen LogP contribution in [-0.2, 0) is 4.79 Å². The summed E-state index contributed by atoms with van der Waals surface area (Å²) in [5, 5.41) is 8.98. The largest absolute Gasteiger partial charge is 0.490 e. The zero-order valence-electron chi connectivity index (χ0n) is 14.6. The molecule has 1 amide bonds. The standard InChI is InChI=1S/C19H26N2O3/c1-3-21(16-8-6-5-7-9-16)19(22)14-24-17-11-10-15(13-20)12-18(17)23-4-2/h10-12,16H,3-9,14H2,1-2H3. The van der Waals surface area contributed by atoms with Gasteiger partial charge in [-0.25, -0.2) is 0 Å². The molecule has 0 aromatic heterocycles. The molecular formula is C19H26N2O3. The number of rotatable bonds is 7. The number of hydrogen-bond acceptors (Lipinski definition) is 4. The third-order valence-electron chi connectivity index (χ3n) is 4.40. The van der Waals surface area contributed by atoms with Gasteiger partial charge in [0.2, 0.25) is 0 Å². The van der Waals surface area contributed by atoms with E-state index in [0.717, 1.165) is 12.8 Å². The Bertz CT molecular complexity index is 589. The Labute approximate surface area is 144 Å². The monoisotopic (exact) mass is 330 g/mol. The number of nitriles is 1. The van der Waals surface area contributed by atoms with Crippen LogP contribution in [0.25, 0.3) is 0 Å². The molecule has 0 atom stereocenters. The molecule has 2 rings (SSSR count). The summed E-state index contributed by atoms with van der Waals surface area (Å²) in [6.45, 7) is 5.06. The van der Waals surface area contributed by atoms with Gasteiger partial charge in [0.1, 0.15) is 0 Å². The Kier molecular flexibility index (Phi) is 6.92. The molecule has 0 heterocycles. The van der Waals surface area contributed by atoms with E-state index in [-0.39, 0.29) is 12.5 Å². The molecule has 1 saturated carbocycles. The van der Waals surface area contributed by atoms with Gasteiger partial charge in [-0.2, -0.15) is 5.26 Å². The van der Waals surface area contributed by atoms with Gasteiger partial charge in [-0.15, -0.1) is 0 Å². The van der Waals surface area contributed by atoms with E-state index in [1.165, 1.54) is 19.3 Å². The number of carbonyl (C=O) groups excluding carboxylic acids is 1. The average molecular weight is 330 g/mol. The van der Waals surface area contributed by atoms with Crippen LogP contribution in [0.1, 0.15) is 51.5 Å². The second-order valence-electron chi connectivity index (χ2n) is 5.97. The summed E-state index contributed by atoms with van der Waals surface area (Å²) in [7, 11) is 0. The van der Waals surface area contributed by atoms with Crippen molar-refractivity contribution in [2.24, 2.45) is 0 Å². The first-order chi connectivity index (χ1) is 11.7. The number of likely N-dealkylation sites (N-methyl/N-ethyl adjacent to an activating group) is 1. The molecule has 0 spiro atoms. The molecule has 0 bridgehead atoms. The zero-order valence-corrected chi connectivity index (χ0v) is 14.6. The highest BCUT2D eigenvalue weighted by Crippen LogP contribution is 2.29. The van der Waals surface area contributed by atoms with Gasteiger partial charge in [0.15, 0.2) is 18.1 Å². The van der Waals surface area contributed by atoms with Crippen molar-refractivity contribution in [3.63, 3.8) is 0 Å². The highest BCUT2D eigenvalue weighted by Gasteiger charge is 2.24. The molecule has 24 heavy (non-hydrogen) atoms. The molecule has 0 N–H and O–H groups in total. The smallest absolute Gasteiger partial charge is 0.260 e. The highest BCUT2D eigenvalue weighted by atomic mass is 16.5. The van der Waals surface area contributed by atoms with Gasteiger partial charge in [0, 0.05) is 18.7 Å². The summed E-state index contributed by atoms with van der Waals surface area (Å²) >= 11 is 0. The van der Waals surface area contributed by atoms with Gasteiger partial charge in [-0.3, -0.25) is 4.79 Å². The van der Waals surface area contributed by atoms with Crippen molar-refractivity contribution in [2.75, 3.05) is 19.8 Å². The maximum Gasteiger partial charge on any atom is 0.260 e. The lowest BCUT2D eigenvalue weighted by atomic mass is 9.94. The van der Waals surface area contributed by atoms with Crippen molar-refractivity contribution >= 4 is 5.91 Å². The Morgan fingerprint density at radius 1 is 1.21 bits per heavy atom. The van der Waals surface area contributed by atoms with Crippen LogP contribution in [0.4, 0.5) is 0 Å². The summed E-state index contributed by atoms with van der Waals surface area (Å²) in [5.74, 6) is 1.02. The van der Waals surface area contributed by atoms with Gasteiger partial charge >= 0.3 is 0 Å². The van der Waals surface area contributed by atoms with Gasteiger partial charge in [0.25, 0.3) is 5.91 Å². The SMILES string of the molecule is CCOc1cc(C#N)ccc1OCC(=O)N(CC)C1CCCCC1. The summed E-state index contributed by atoms with van der Waals surface area (Å²) in [6, 6.07) is 7.41. The molecule has 0 saturated heterocycles. The van der Waals surface area contributed by atoms with Crippen LogP contribution < -0.4 is 9.47 Å². The van der Waals surface area contributed by atoms with E-state index in [2.05, 4.69) is 6.07 Å². The Balaban J connectivity index is 2.00. The fourth-order valence-corrected chi connectivity index (χ4v) is 3.22. The van der Waals surface area contributed by atoms with Gasteiger partial charge in [-0.1, -0.05) is 19.3 Å². The molecule has 5 nitrogen and oxygen atoms in total. The maximum absolute atomic E-state index is 12.5. The predicted molar refractivity (Wildman–Crippen MR) is 92.1 cm³/mol. The molecule has 1 aromatic rings. The number of carbonyl (C=O) groups is 1. The van der Waals surface area contributed by atoms with Crippen molar-refractivity contribution < 1.29 is 14.3 Å². The van der Waals surface area contributed by atoms with E-state index in [4.69, 9.17) is 14.7 Å². The van der Waals surface area contributed by atoms with Crippen molar-refractivity contribution in [3.05, 3.63) is 23.8 Å². The molecule has 130 valence electrons. The van der Waals surface area contributed by atoms with Crippen LogP contribution in [0.5, 0.6) is 11.5 Å². The first-order valence-electron chi connectivity index (χ1n) is 8.78. The normalized spacial score (nSPS) is 14.7. The number of benzene rings is 1. The molecule has 1 aromatic carbocycles. The summed E-state index contributed by atoms with van der Waals surface area (Å²) in [4.78, 5) is 14.5. The van der Waals surface area contributed by atoms with E-state index in [9.17, 15) is 4.79 Å². The number of nitrogens with zero attached hydrogens (tertiary/aromatic N) is 2. The van der Waals surface area contributed by atoms with Crippen LogP contribution in [0, 0.1) is 11.3 Å². The summed E-state index contributed by atoms with van der Waals surface area (Å²) < 4.78 is 11.2. The molecule has 5 heteroatoms. The Morgan fingerprint density at radius 3 is 2.58 bits per heavy atom. The van der Waals surface area contributed by atoms with Crippen LogP contribution in [0.15, 0.2) is 18.2 Å². The highest BCUT2D eigenvalue weighted by molar-refractivity contribution is 5.78. The number of amides is 1. The molecule has 0 aliphatic heterocycles. The second kappa shape index (κ2) is 9.17. The minimum atomic E-state index is -0.00366. The van der Waals surface area contributed by atoms with E-state index >= 15 is 0 Å². The van der Waals surface area contributed by atoms with Gasteiger partial charge < -0.3 is 14.4 Å². The fourth-order valence-electron chi connectivity index (χ4n) is 3.22. The molecule has 0 unspecified atom stereocenters. The summed E-state index contributed by atoms with van der Waals surface area (Å²) in [6.07, 6.45) is 5.82. The maximum atomic E-state index is 12.5. The lowest BCUT2D eigenvalue weighted by molar-refractivity contribution is -0.136. The van der Waals surface area contributed by atoms with Crippen LogP contribution >= 0.6 is 0 Å². The average Bonchev–Trinajstić information content (AvgIpc) is 2.62. The van der Waals surface area contributed by atoms with E-state index in [1.54, 1.807) is 18.2 Å². The number of ether oxygens (including phenoxy) is 2. The molecular weight excluding hydrogens is 304 g/mol. The van der Waals surface area contributed by atoms with Gasteiger partial charge in [-0.05, 0) is 38.8 Å². The first kappa shape index (κ1) is 18.1. The van der Waals surface area contributed by atoms with Crippen molar-refractivity contribution in [3.8, 4) is 17.6 Å². The van der Waals surface area contributed by atoms with E-state index in [1.807, 2.05) is 18.7 Å². The third kappa shape index (κ3) is 4.64. The summed E-state index contributed by atoms with van der Waals surface area (Å²) in [5.41, 5.74) is 0.509. The minimum absolute atomic E-state index is 0.00366. The van der Waals surface area contributed by atoms with Crippen molar-refractivity contribution in [1.82, 2.24) is 4.90 Å². The number of hydrogen-bond donors (Lipinski definition) is 0. The molecule has 1 fully saturated rings. The predicted octanol–water partition coefficient (Wildman–Crippen LogP) is 3.52. The first-order valence-corrected chi connectivity index (χ1v) is 8.78. The van der Waals surface area contributed by atoms with E-state index < -0.39 is 0 Å². The third-order valence-corrected chi connectivity index (χ3v) is 4.40. The fraction of sp³-hybridized carbons (Fsp3) is 0.579. The topological polar surface area (TPSA) is 62.6 Å². The quantitative estimate of drug-likeness (QED) is 0.767. The molecule has 1 aliphatic carbocycles. The Hall–Kier alpha value is -2.22. The van der Waals surface area contributed by atoms with Crippen LogP contribution in [0.2, 0.25) is 0 Å². The van der Waals surface area contributed by atoms with E-state index in [0.29, 0.717) is 36.3 Å². The van der Waals surface area contributed by atoms with Crippen LogP contribution in [0.3, 0.4) is 0 Å².